The molecule has 0 unspecified atom stereocenters. The number of carbonyl (C=O) groups excluding carboxylic acids is 1. The van der Waals surface area contributed by atoms with Crippen LogP contribution in [-0.4, -0.2) is 40.7 Å². The van der Waals surface area contributed by atoms with Crippen molar-refractivity contribution in [3.05, 3.63) is 36.0 Å². The summed E-state index contributed by atoms with van der Waals surface area (Å²) in [6.07, 6.45) is 5.58. The van der Waals surface area contributed by atoms with Crippen molar-refractivity contribution in [1.29, 1.82) is 0 Å². The molecule has 1 amide bonds. The third-order valence-electron chi connectivity index (χ3n) is 4.90. The summed E-state index contributed by atoms with van der Waals surface area (Å²) >= 11 is 0. The molecule has 110 valence electrons. The molecular weight excluding hydrogens is 264 g/mol. The number of carbonyl (C=O) groups is 1. The third-order valence-corrected chi connectivity index (χ3v) is 4.90. The van der Waals surface area contributed by atoms with Gasteiger partial charge in [-0.15, -0.1) is 0 Å². The molecule has 1 aromatic heterocycles. The second-order valence-corrected chi connectivity index (χ2v) is 6.07. The zero-order valence-corrected chi connectivity index (χ0v) is 12.3. The Morgan fingerprint density at radius 2 is 2.19 bits per heavy atom. The molecule has 0 N–H and O–H groups in total. The Labute approximate surface area is 124 Å². The first-order valence-corrected chi connectivity index (χ1v) is 7.72. The van der Waals surface area contributed by atoms with Gasteiger partial charge >= 0.3 is 0 Å². The maximum Gasteiger partial charge on any atom is 0.254 e. The van der Waals surface area contributed by atoms with E-state index in [0.717, 1.165) is 35.7 Å². The van der Waals surface area contributed by atoms with Crippen molar-refractivity contribution < 1.29 is 9.53 Å². The first-order chi connectivity index (χ1) is 10.3. The van der Waals surface area contributed by atoms with Gasteiger partial charge in [0.25, 0.3) is 5.91 Å². The maximum atomic E-state index is 13.0. The average Bonchev–Trinajstić information content (AvgIpc) is 3.13. The molecule has 4 nitrogen and oxygen atoms in total. The summed E-state index contributed by atoms with van der Waals surface area (Å²) in [4.78, 5) is 15.1. The number of amides is 1. The molecule has 2 aromatic rings. The fourth-order valence-electron chi connectivity index (χ4n) is 3.82. The molecule has 21 heavy (non-hydrogen) atoms. The number of fused-ring (bicyclic) bond motifs is 2. The Kier molecular flexibility index (Phi) is 3.00. The number of morpholine rings is 1. The van der Waals surface area contributed by atoms with E-state index in [1.54, 1.807) is 0 Å². The normalized spacial score (nSPS) is 25.3. The van der Waals surface area contributed by atoms with Gasteiger partial charge in [-0.05, 0) is 37.5 Å². The molecule has 1 saturated heterocycles. The summed E-state index contributed by atoms with van der Waals surface area (Å²) in [5.74, 6) is 0.159. The Balaban J connectivity index is 1.73. The number of hydrogen-bond donors (Lipinski definition) is 0. The van der Waals surface area contributed by atoms with Gasteiger partial charge in [0.05, 0.1) is 18.8 Å². The van der Waals surface area contributed by atoms with Gasteiger partial charge in [0.15, 0.2) is 0 Å². The van der Waals surface area contributed by atoms with E-state index in [0.29, 0.717) is 13.2 Å². The lowest BCUT2D eigenvalue weighted by Gasteiger charge is -2.37. The van der Waals surface area contributed by atoms with Gasteiger partial charge in [0, 0.05) is 36.3 Å². The molecular formula is C17H20N2O2. The number of hydrogen-bond acceptors (Lipinski definition) is 2. The van der Waals surface area contributed by atoms with Crippen LogP contribution in [0, 0.1) is 0 Å². The summed E-state index contributed by atoms with van der Waals surface area (Å²) in [6.45, 7) is 1.38. The van der Waals surface area contributed by atoms with Crippen molar-refractivity contribution >= 4 is 16.8 Å². The summed E-state index contributed by atoms with van der Waals surface area (Å²) in [7, 11) is 2.01. The van der Waals surface area contributed by atoms with Crippen LogP contribution in [0.4, 0.5) is 0 Å². The molecule has 0 radical (unpaired) electrons. The summed E-state index contributed by atoms with van der Waals surface area (Å²) in [5.41, 5.74) is 1.93. The monoisotopic (exact) mass is 284 g/mol. The van der Waals surface area contributed by atoms with Crippen LogP contribution in [0.1, 0.15) is 29.6 Å². The molecule has 2 aliphatic rings. The summed E-state index contributed by atoms with van der Waals surface area (Å²) < 4.78 is 7.87. The highest BCUT2D eigenvalue weighted by Crippen LogP contribution is 2.31. The van der Waals surface area contributed by atoms with E-state index in [4.69, 9.17) is 4.74 Å². The average molecular weight is 284 g/mol. The van der Waals surface area contributed by atoms with Crippen LogP contribution in [-0.2, 0) is 11.8 Å². The van der Waals surface area contributed by atoms with E-state index >= 15 is 0 Å². The van der Waals surface area contributed by atoms with Gasteiger partial charge in [-0.3, -0.25) is 4.79 Å². The van der Waals surface area contributed by atoms with Crippen molar-refractivity contribution in [2.24, 2.45) is 7.05 Å². The molecule has 2 fully saturated rings. The summed E-state index contributed by atoms with van der Waals surface area (Å²) in [5, 5.41) is 1.05. The molecule has 0 spiro atoms. The predicted molar refractivity (Wildman–Crippen MR) is 81.3 cm³/mol. The summed E-state index contributed by atoms with van der Waals surface area (Å²) in [6, 6.07) is 8.29. The molecule has 4 rings (SSSR count). The molecule has 1 aromatic carbocycles. The standard InChI is InChI=1S/C17H20N2O2/c1-18-9-8-12-13(4-2-5-14(12)18)17(20)19-10-11-21-16-7-3-6-15(16)19/h2,4-5,8-9,15-16H,3,6-7,10-11H2,1H3/t15-,16-/m1/s1. The first kappa shape index (κ1) is 12.9. The van der Waals surface area contributed by atoms with E-state index in [2.05, 4.69) is 10.6 Å². The van der Waals surface area contributed by atoms with E-state index in [1.165, 1.54) is 0 Å². The Morgan fingerprint density at radius 3 is 3.10 bits per heavy atom. The van der Waals surface area contributed by atoms with Crippen LogP contribution >= 0.6 is 0 Å². The Hall–Kier alpha value is -1.81. The Morgan fingerprint density at radius 1 is 1.29 bits per heavy atom. The second-order valence-electron chi connectivity index (χ2n) is 6.07. The van der Waals surface area contributed by atoms with Gasteiger partial charge in [0.1, 0.15) is 0 Å². The SMILES string of the molecule is Cn1ccc2c(C(=O)N3CCO[C@@H]4CCC[C@H]43)cccc21. The quantitative estimate of drug-likeness (QED) is 0.806. The number of benzene rings is 1. The first-order valence-electron chi connectivity index (χ1n) is 7.72. The van der Waals surface area contributed by atoms with Crippen molar-refractivity contribution in [1.82, 2.24) is 9.47 Å². The number of aromatic nitrogens is 1. The largest absolute Gasteiger partial charge is 0.374 e. The van der Waals surface area contributed by atoms with Gasteiger partial charge in [-0.1, -0.05) is 6.07 Å². The van der Waals surface area contributed by atoms with Crippen LogP contribution in [0.5, 0.6) is 0 Å². The molecule has 2 heterocycles. The highest BCUT2D eigenvalue weighted by Gasteiger charge is 2.38. The van der Waals surface area contributed by atoms with Crippen molar-refractivity contribution in [2.75, 3.05) is 13.2 Å². The van der Waals surface area contributed by atoms with Gasteiger partial charge in [-0.25, -0.2) is 0 Å². The van der Waals surface area contributed by atoms with Gasteiger partial charge < -0.3 is 14.2 Å². The van der Waals surface area contributed by atoms with Gasteiger partial charge in [0.2, 0.25) is 0 Å². The minimum absolute atomic E-state index is 0.159. The van der Waals surface area contributed by atoms with Crippen LogP contribution in [0.2, 0.25) is 0 Å². The molecule has 1 saturated carbocycles. The number of rotatable bonds is 1. The van der Waals surface area contributed by atoms with E-state index in [9.17, 15) is 4.79 Å². The van der Waals surface area contributed by atoms with Crippen molar-refractivity contribution in [3.63, 3.8) is 0 Å². The number of ether oxygens (including phenoxy) is 1. The maximum absolute atomic E-state index is 13.0. The molecule has 1 aliphatic carbocycles. The fraction of sp³-hybridized carbons (Fsp3) is 0.471. The molecule has 0 bridgehead atoms. The van der Waals surface area contributed by atoms with Crippen molar-refractivity contribution in [2.45, 2.75) is 31.4 Å². The lowest BCUT2D eigenvalue weighted by Crippen LogP contribution is -2.51. The smallest absolute Gasteiger partial charge is 0.254 e. The molecule has 1 aliphatic heterocycles. The zero-order chi connectivity index (χ0) is 14.4. The third kappa shape index (κ3) is 1.97. The van der Waals surface area contributed by atoms with E-state index in [1.807, 2.05) is 36.3 Å². The number of nitrogens with zero attached hydrogens (tertiary/aromatic N) is 2. The lowest BCUT2D eigenvalue weighted by molar-refractivity contribution is -0.0444. The minimum atomic E-state index is 0.159. The van der Waals surface area contributed by atoms with Crippen LogP contribution < -0.4 is 0 Å². The second kappa shape index (κ2) is 4.88. The minimum Gasteiger partial charge on any atom is -0.374 e. The predicted octanol–water partition coefficient (Wildman–Crippen LogP) is 2.57. The van der Waals surface area contributed by atoms with E-state index in [-0.39, 0.29) is 18.1 Å². The molecule has 2 atom stereocenters. The zero-order valence-electron chi connectivity index (χ0n) is 12.3. The van der Waals surface area contributed by atoms with Crippen molar-refractivity contribution in [3.8, 4) is 0 Å². The fourth-order valence-corrected chi connectivity index (χ4v) is 3.82. The highest BCUT2D eigenvalue weighted by molar-refractivity contribution is 6.06. The number of aryl methyl sites for hydroxylation is 1. The highest BCUT2D eigenvalue weighted by atomic mass is 16.5. The van der Waals surface area contributed by atoms with Crippen LogP contribution in [0.3, 0.4) is 0 Å². The lowest BCUT2D eigenvalue weighted by atomic mass is 10.1. The van der Waals surface area contributed by atoms with Gasteiger partial charge in [-0.2, -0.15) is 0 Å². The van der Waals surface area contributed by atoms with Crippen LogP contribution in [0.25, 0.3) is 10.9 Å². The topological polar surface area (TPSA) is 34.5 Å². The van der Waals surface area contributed by atoms with E-state index < -0.39 is 0 Å². The van der Waals surface area contributed by atoms with Crippen LogP contribution in [0.15, 0.2) is 30.5 Å². The Bertz CT molecular complexity index is 691. The molecule has 4 heteroatoms.